The van der Waals surface area contributed by atoms with Gasteiger partial charge in [-0.15, -0.1) is 11.3 Å². The van der Waals surface area contributed by atoms with Crippen LogP contribution in [0.3, 0.4) is 0 Å². The van der Waals surface area contributed by atoms with Gasteiger partial charge in [0.05, 0.1) is 27.6 Å². The van der Waals surface area contributed by atoms with E-state index < -0.39 is 5.97 Å². The largest absolute Gasteiger partial charge is 0.477 e. The summed E-state index contributed by atoms with van der Waals surface area (Å²) in [5, 5.41) is 18.8. The fourth-order valence-electron chi connectivity index (χ4n) is 5.82. The van der Waals surface area contributed by atoms with E-state index in [1.807, 2.05) is 6.07 Å². The third-order valence-corrected chi connectivity index (χ3v) is 9.49. The molecule has 0 radical (unpaired) electrons. The van der Waals surface area contributed by atoms with Gasteiger partial charge in [-0.05, 0) is 62.8 Å². The van der Waals surface area contributed by atoms with Crippen LogP contribution in [-0.2, 0) is 11.3 Å². The Labute approximate surface area is 237 Å². The Morgan fingerprint density at radius 3 is 2.46 bits per heavy atom. The zero-order valence-corrected chi connectivity index (χ0v) is 23.0. The van der Waals surface area contributed by atoms with Gasteiger partial charge < -0.3 is 23.8 Å². The second kappa shape index (κ2) is 9.92. The van der Waals surface area contributed by atoms with Gasteiger partial charge in [0.1, 0.15) is 16.3 Å². The maximum Gasteiger partial charge on any atom is 0.345 e. The maximum absolute atomic E-state index is 11.2. The smallest absolute Gasteiger partial charge is 0.345 e. The molecule has 5 heterocycles. The van der Waals surface area contributed by atoms with Crippen molar-refractivity contribution in [2.75, 3.05) is 4.90 Å². The first kappa shape index (κ1) is 25.1. The van der Waals surface area contributed by atoms with Crippen molar-refractivity contribution in [3.05, 3.63) is 56.6 Å². The van der Waals surface area contributed by atoms with Crippen LogP contribution < -0.4 is 4.90 Å². The topological polar surface area (TPSA) is 115 Å². The molecular weight excluding hydrogens is 563 g/mol. The SMILES string of the molecule is O=C(O)c1ccc(-c2noc(N3[C@@H]4CC[C@H]3CC(OCc3c(-c5c(Cl)cccc5Cl)noc3C3CC3)C4)n2)s1. The molecule has 1 aliphatic carbocycles. The zero-order chi connectivity index (χ0) is 26.7. The molecule has 1 aromatic carbocycles. The van der Waals surface area contributed by atoms with E-state index in [0.717, 1.165) is 61.2 Å². The molecule has 1 saturated carbocycles. The highest BCUT2D eigenvalue weighted by Gasteiger charge is 2.44. The predicted octanol–water partition coefficient (Wildman–Crippen LogP) is 7.05. The Kier molecular flexibility index (Phi) is 6.38. The summed E-state index contributed by atoms with van der Waals surface area (Å²) in [5.74, 6) is 0.684. The first-order valence-corrected chi connectivity index (χ1v) is 14.5. The van der Waals surface area contributed by atoms with Crippen molar-refractivity contribution in [3.8, 4) is 22.0 Å². The van der Waals surface area contributed by atoms with Crippen LogP contribution in [0, 0.1) is 0 Å². The van der Waals surface area contributed by atoms with Gasteiger partial charge in [-0.25, -0.2) is 4.79 Å². The first-order valence-electron chi connectivity index (χ1n) is 13.0. The van der Waals surface area contributed by atoms with Gasteiger partial charge in [0.2, 0.25) is 5.82 Å². The van der Waals surface area contributed by atoms with Gasteiger partial charge in [-0.2, -0.15) is 4.98 Å². The third-order valence-electron chi connectivity index (χ3n) is 7.79. The molecule has 12 heteroatoms. The number of benzene rings is 1. The van der Waals surface area contributed by atoms with Crippen molar-refractivity contribution in [3.63, 3.8) is 0 Å². The second-order valence-corrected chi connectivity index (χ2v) is 12.2. The molecule has 0 amide bonds. The molecule has 9 nitrogen and oxygen atoms in total. The van der Waals surface area contributed by atoms with E-state index in [9.17, 15) is 9.90 Å². The average molecular weight is 587 g/mol. The van der Waals surface area contributed by atoms with Gasteiger partial charge in [-0.1, -0.05) is 39.6 Å². The Morgan fingerprint density at radius 1 is 1.05 bits per heavy atom. The van der Waals surface area contributed by atoms with Crippen LogP contribution in [0.5, 0.6) is 0 Å². The van der Waals surface area contributed by atoms with E-state index in [0.29, 0.717) is 50.5 Å². The predicted molar refractivity (Wildman–Crippen MR) is 146 cm³/mol. The molecule has 3 fully saturated rings. The van der Waals surface area contributed by atoms with Crippen LogP contribution in [0.2, 0.25) is 10.0 Å². The van der Waals surface area contributed by atoms with Crippen LogP contribution in [0.25, 0.3) is 22.0 Å². The first-order chi connectivity index (χ1) is 19.0. The molecule has 2 saturated heterocycles. The Hall–Kier alpha value is -2.92. The fraction of sp³-hybridized carbons (Fsp3) is 0.407. The molecule has 3 aliphatic rings. The fourth-order valence-corrected chi connectivity index (χ4v) is 7.17. The van der Waals surface area contributed by atoms with Crippen molar-refractivity contribution >= 4 is 46.5 Å². The number of carboxylic acid groups (broad SMARTS) is 1. The average Bonchev–Trinajstić information content (AvgIpc) is 3.25. The second-order valence-electron chi connectivity index (χ2n) is 10.3. The molecular formula is C27H24Cl2N4O5S. The molecule has 1 N–H and O–H groups in total. The Balaban J connectivity index is 1.07. The number of nitrogens with zero attached hydrogens (tertiary/aromatic N) is 4. The molecule has 3 aromatic heterocycles. The summed E-state index contributed by atoms with van der Waals surface area (Å²) in [6.45, 7) is 0.380. The number of aromatic carboxylic acids is 1. The van der Waals surface area contributed by atoms with Gasteiger partial charge >= 0.3 is 12.0 Å². The molecule has 2 aliphatic heterocycles. The van der Waals surface area contributed by atoms with Gasteiger partial charge in [0, 0.05) is 29.1 Å². The van der Waals surface area contributed by atoms with Crippen molar-refractivity contribution in [2.24, 2.45) is 0 Å². The quantitative estimate of drug-likeness (QED) is 0.232. The number of ether oxygens (including phenoxy) is 1. The van der Waals surface area contributed by atoms with Crippen LogP contribution in [-0.4, -0.2) is 44.6 Å². The number of hydrogen-bond acceptors (Lipinski definition) is 9. The van der Waals surface area contributed by atoms with Gasteiger partial charge in [0.15, 0.2) is 0 Å². The summed E-state index contributed by atoms with van der Waals surface area (Å²) in [4.78, 5) is 19.0. The van der Waals surface area contributed by atoms with Crippen LogP contribution in [0.4, 0.5) is 6.01 Å². The monoisotopic (exact) mass is 586 g/mol. The van der Waals surface area contributed by atoms with E-state index in [1.165, 1.54) is 0 Å². The molecule has 3 atom stereocenters. The molecule has 4 aromatic rings. The number of carboxylic acids is 1. The number of thiophene rings is 1. The highest BCUT2D eigenvalue weighted by atomic mass is 35.5. The minimum absolute atomic E-state index is 0.0630. The van der Waals surface area contributed by atoms with E-state index in [-0.39, 0.29) is 23.1 Å². The molecule has 39 heavy (non-hydrogen) atoms. The number of rotatable bonds is 8. The number of halogens is 2. The van der Waals surface area contributed by atoms with Crippen LogP contribution in [0.1, 0.15) is 65.4 Å². The zero-order valence-electron chi connectivity index (χ0n) is 20.7. The Bertz CT molecular complexity index is 1510. The summed E-state index contributed by atoms with van der Waals surface area (Å²) in [5.41, 5.74) is 2.27. The summed E-state index contributed by atoms with van der Waals surface area (Å²) in [6, 6.07) is 9.62. The van der Waals surface area contributed by atoms with Crippen molar-refractivity contribution < 1.29 is 23.7 Å². The van der Waals surface area contributed by atoms with Gasteiger partial charge in [-0.3, -0.25) is 0 Å². The summed E-state index contributed by atoms with van der Waals surface area (Å²) >= 11 is 14.1. The molecule has 202 valence electrons. The number of carbonyl (C=O) groups is 1. The lowest BCUT2D eigenvalue weighted by atomic mass is 9.99. The van der Waals surface area contributed by atoms with Crippen LogP contribution >= 0.6 is 34.5 Å². The number of piperidine rings is 1. The van der Waals surface area contributed by atoms with E-state index in [2.05, 4.69) is 20.2 Å². The van der Waals surface area contributed by atoms with Crippen molar-refractivity contribution in [1.82, 2.24) is 15.3 Å². The van der Waals surface area contributed by atoms with Crippen LogP contribution in [0.15, 0.2) is 39.4 Å². The lowest BCUT2D eigenvalue weighted by Crippen LogP contribution is -2.45. The number of aromatic nitrogens is 3. The maximum atomic E-state index is 11.2. The molecule has 0 spiro atoms. The lowest BCUT2D eigenvalue weighted by molar-refractivity contribution is 0.0138. The molecule has 1 unspecified atom stereocenters. The number of anilines is 1. The molecule has 7 rings (SSSR count). The summed E-state index contributed by atoms with van der Waals surface area (Å²) in [7, 11) is 0. The lowest BCUT2D eigenvalue weighted by Gasteiger charge is -2.37. The normalized spacial score (nSPS) is 22.5. The Morgan fingerprint density at radius 2 is 1.79 bits per heavy atom. The molecule has 2 bridgehead atoms. The van der Waals surface area contributed by atoms with Crippen molar-refractivity contribution in [1.29, 1.82) is 0 Å². The van der Waals surface area contributed by atoms with Gasteiger partial charge in [0.25, 0.3) is 0 Å². The number of fused-ring (bicyclic) bond motifs is 2. The van der Waals surface area contributed by atoms with E-state index in [4.69, 9.17) is 37.0 Å². The van der Waals surface area contributed by atoms with E-state index in [1.54, 1.807) is 24.3 Å². The van der Waals surface area contributed by atoms with Crippen molar-refractivity contribution in [2.45, 2.75) is 69.2 Å². The van der Waals surface area contributed by atoms with E-state index >= 15 is 0 Å². The third kappa shape index (κ3) is 4.63. The number of hydrogen-bond donors (Lipinski definition) is 1. The minimum Gasteiger partial charge on any atom is -0.477 e. The minimum atomic E-state index is -0.965. The summed E-state index contributed by atoms with van der Waals surface area (Å²) < 4.78 is 17.9. The standard InChI is InChI=1S/C27H24Cl2N4O5S/c28-18-2-1-3-19(29)22(18)23-17(24(37-31-23)13-4-5-13)12-36-16-10-14-6-7-15(11-16)33(14)27-30-25(32-38-27)20-8-9-21(39-20)26(34)35/h1-3,8-9,13-16H,4-7,10-12H2,(H,34,35)/t14-,15+,16?. The summed E-state index contributed by atoms with van der Waals surface area (Å²) in [6.07, 6.45) is 5.93. The highest BCUT2D eigenvalue weighted by Crippen LogP contribution is 2.47. The highest BCUT2D eigenvalue weighted by molar-refractivity contribution is 7.17.